The quantitative estimate of drug-likeness (QED) is 0.655. The Hall–Kier alpha value is -1.88. The smallest absolute Gasteiger partial charge is 0.0803 e. The zero-order chi connectivity index (χ0) is 16.7. The van der Waals surface area contributed by atoms with Crippen LogP contribution in [0.15, 0.2) is 48.5 Å². The standard InChI is InChI=1S/C19H26N2O2/c1-15-7-8-17(13-18(15)20)19(23)9-10-21(11-12-22)14-16-5-3-2-4-6-16/h2-8,13,19,22-23H,9-12,14,20H2,1H3. The van der Waals surface area contributed by atoms with Crippen molar-refractivity contribution in [2.45, 2.75) is 26.0 Å². The van der Waals surface area contributed by atoms with Crippen LogP contribution in [-0.4, -0.2) is 34.8 Å². The second-order valence-corrected chi connectivity index (χ2v) is 5.91. The first-order valence-corrected chi connectivity index (χ1v) is 8.01. The van der Waals surface area contributed by atoms with E-state index in [2.05, 4.69) is 17.0 Å². The predicted molar refractivity (Wildman–Crippen MR) is 94.0 cm³/mol. The van der Waals surface area contributed by atoms with Crippen LogP contribution in [0.3, 0.4) is 0 Å². The summed E-state index contributed by atoms with van der Waals surface area (Å²) in [6.45, 7) is 4.14. The van der Waals surface area contributed by atoms with E-state index in [0.717, 1.165) is 17.7 Å². The van der Waals surface area contributed by atoms with Crippen LogP contribution in [-0.2, 0) is 6.54 Å². The van der Waals surface area contributed by atoms with Crippen LogP contribution in [0, 0.1) is 6.92 Å². The molecule has 1 atom stereocenters. The molecule has 0 bridgehead atoms. The van der Waals surface area contributed by atoms with Crippen molar-refractivity contribution in [2.75, 3.05) is 25.4 Å². The minimum atomic E-state index is -0.546. The van der Waals surface area contributed by atoms with E-state index in [4.69, 9.17) is 5.73 Å². The van der Waals surface area contributed by atoms with Crippen molar-refractivity contribution in [2.24, 2.45) is 0 Å². The van der Waals surface area contributed by atoms with Gasteiger partial charge in [-0.2, -0.15) is 0 Å². The molecule has 2 rings (SSSR count). The van der Waals surface area contributed by atoms with Crippen LogP contribution in [0.4, 0.5) is 5.69 Å². The number of nitrogens with zero attached hydrogens (tertiary/aromatic N) is 1. The van der Waals surface area contributed by atoms with Gasteiger partial charge in [-0.05, 0) is 36.1 Å². The van der Waals surface area contributed by atoms with Crippen molar-refractivity contribution >= 4 is 5.69 Å². The van der Waals surface area contributed by atoms with Crippen LogP contribution in [0.5, 0.6) is 0 Å². The second-order valence-electron chi connectivity index (χ2n) is 5.91. The lowest BCUT2D eigenvalue weighted by molar-refractivity contribution is 0.128. The van der Waals surface area contributed by atoms with E-state index in [9.17, 15) is 10.2 Å². The molecule has 4 N–H and O–H groups in total. The molecule has 124 valence electrons. The summed E-state index contributed by atoms with van der Waals surface area (Å²) in [5.74, 6) is 0. The third-order valence-corrected chi connectivity index (χ3v) is 4.07. The molecule has 0 aliphatic heterocycles. The Morgan fingerprint density at radius 1 is 1.09 bits per heavy atom. The minimum absolute atomic E-state index is 0.112. The van der Waals surface area contributed by atoms with Crippen LogP contribution in [0.25, 0.3) is 0 Å². The molecule has 0 amide bonds. The molecule has 23 heavy (non-hydrogen) atoms. The summed E-state index contributed by atoms with van der Waals surface area (Å²) in [5.41, 5.74) is 9.68. The fourth-order valence-electron chi connectivity index (χ4n) is 2.59. The summed E-state index contributed by atoms with van der Waals surface area (Å²) in [4.78, 5) is 2.15. The van der Waals surface area contributed by atoms with Gasteiger partial charge in [0, 0.05) is 25.3 Å². The maximum atomic E-state index is 10.4. The maximum Gasteiger partial charge on any atom is 0.0803 e. The molecule has 0 aliphatic rings. The van der Waals surface area contributed by atoms with Crippen LogP contribution < -0.4 is 5.73 Å². The molecular weight excluding hydrogens is 288 g/mol. The Balaban J connectivity index is 1.93. The van der Waals surface area contributed by atoms with Gasteiger partial charge in [0.05, 0.1) is 12.7 Å². The molecule has 0 aliphatic carbocycles. The van der Waals surface area contributed by atoms with Gasteiger partial charge in [0.1, 0.15) is 0 Å². The van der Waals surface area contributed by atoms with Crippen molar-refractivity contribution in [1.29, 1.82) is 0 Å². The first-order valence-electron chi connectivity index (χ1n) is 8.01. The lowest BCUT2D eigenvalue weighted by Gasteiger charge is -2.23. The third kappa shape index (κ3) is 5.36. The molecule has 0 fully saturated rings. The average Bonchev–Trinajstić information content (AvgIpc) is 2.56. The largest absolute Gasteiger partial charge is 0.399 e. The first-order chi connectivity index (χ1) is 11.1. The summed E-state index contributed by atoms with van der Waals surface area (Å²) in [7, 11) is 0. The molecule has 4 nitrogen and oxygen atoms in total. The van der Waals surface area contributed by atoms with Gasteiger partial charge >= 0.3 is 0 Å². The Kier molecular flexibility index (Phi) is 6.59. The van der Waals surface area contributed by atoms with Gasteiger partial charge in [-0.15, -0.1) is 0 Å². The Bertz CT molecular complexity index is 602. The number of benzene rings is 2. The summed E-state index contributed by atoms with van der Waals surface area (Å²) in [6.07, 6.45) is 0.0601. The molecule has 0 saturated heterocycles. The number of rotatable bonds is 8. The van der Waals surface area contributed by atoms with E-state index in [0.29, 0.717) is 25.2 Å². The van der Waals surface area contributed by atoms with Gasteiger partial charge in [-0.25, -0.2) is 0 Å². The number of aryl methyl sites for hydroxylation is 1. The number of hydrogen-bond acceptors (Lipinski definition) is 4. The molecular formula is C19H26N2O2. The van der Waals surface area contributed by atoms with E-state index in [1.165, 1.54) is 5.56 Å². The average molecular weight is 314 g/mol. The molecule has 0 heterocycles. The van der Waals surface area contributed by atoms with Gasteiger partial charge in [0.25, 0.3) is 0 Å². The number of nitrogens with two attached hydrogens (primary N) is 1. The fourth-order valence-corrected chi connectivity index (χ4v) is 2.59. The highest BCUT2D eigenvalue weighted by atomic mass is 16.3. The summed E-state index contributed by atoms with van der Waals surface area (Å²) in [6, 6.07) is 15.8. The van der Waals surface area contributed by atoms with Crippen LogP contribution in [0.2, 0.25) is 0 Å². The molecule has 1 unspecified atom stereocenters. The molecule has 4 heteroatoms. The summed E-state index contributed by atoms with van der Waals surface area (Å²) in [5, 5.41) is 19.6. The highest BCUT2D eigenvalue weighted by Crippen LogP contribution is 2.22. The highest BCUT2D eigenvalue weighted by molar-refractivity contribution is 5.48. The fraction of sp³-hybridized carbons (Fsp3) is 0.368. The third-order valence-electron chi connectivity index (χ3n) is 4.07. The van der Waals surface area contributed by atoms with Crippen LogP contribution >= 0.6 is 0 Å². The first kappa shape index (κ1) is 17.5. The number of aliphatic hydroxyl groups is 2. The number of aliphatic hydroxyl groups excluding tert-OH is 2. The maximum absolute atomic E-state index is 10.4. The van der Waals surface area contributed by atoms with E-state index in [-0.39, 0.29) is 6.61 Å². The summed E-state index contributed by atoms with van der Waals surface area (Å²) >= 11 is 0. The lowest BCUT2D eigenvalue weighted by atomic mass is 10.0. The Labute approximate surface area is 138 Å². The lowest BCUT2D eigenvalue weighted by Crippen LogP contribution is -2.28. The normalized spacial score (nSPS) is 12.5. The second kappa shape index (κ2) is 8.67. The molecule has 0 aromatic heterocycles. The summed E-state index contributed by atoms with van der Waals surface area (Å²) < 4.78 is 0. The number of anilines is 1. The monoisotopic (exact) mass is 314 g/mol. The molecule has 2 aromatic rings. The van der Waals surface area contributed by atoms with Gasteiger partial charge < -0.3 is 15.9 Å². The highest BCUT2D eigenvalue weighted by Gasteiger charge is 2.12. The van der Waals surface area contributed by atoms with E-state index in [1.54, 1.807) is 0 Å². The predicted octanol–water partition coefficient (Wildman–Crippen LogP) is 2.50. The van der Waals surface area contributed by atoms with Crippen LogP contribution in [0.1, 0.15) is 29.2 Å². The van der Waals surface area contributed by atoms with E-state index in [1.807, 2.05) is 43.3 Å². The zero-order valence-corrected chi connectivity index (χ0v) is 13.7. The van der Waals surface area contributed by atoms with Gasteiger partial charge in [-0.1, -0.05) is 42.5 Å². The van der Waals surface area contributed by atoms with Crippen molar-refractivity contribution in [1.82, 2.24) is 4.90 Å². The Morgan fingerprint density at radius 2 is 1.83 bits per heavy atom. The van der Waals surface area contributed by atoms with Crippen molar-refractivity contribution in [3.05, 3.63) is 65.2 Å². The SMILES string of the molecule is Cc1ccc(C(O)CCN(CCO)Cc2ccccc2)cc1N. The number of hydrogen-bond donors (Lipinski definition) is 3. The van der Waals surface area contributed by atoms with Crippen molar-refractivity contribution in [3.63, 3.8) is 0 Å². The van der Waals surface area contributed by atoms with Gasteiger partial charge in [0.15, 0.2) is 0 Å². The Morgan fingerprint density at radius 3 is 2.48 bits per heavy atom. The topological polar surface area (TPSA) is 69.7 Å². The zero-order valence-electron chi connectivity index (χ0n) is 13.7. The molecule has 2 aromatic carbocycles. The van der Waals surface area contributed by atoms with E-state index >= 15 is 0 Å². The van der Waals surface area contributed by atoms with Crippen molar-refractivity contribution in [3.8, 4) is 0 Å². The minimum Gasteiger partial charge on any atom is -0.399 e. The van der Waals surface area contributed by atoms with Gasteiger partial charge in [-0.3, -0.25) is 4.90 Å². The van der Waals surface area contributed by atoms with E-state index < -0.39 is 6.10 Å². The van der Waals surface area contributed by atoms with Crippen molar-refractivity contribution < 1.29 is 10.2 Å². The molecule has 0 saturated carbocycles. The van der Waals surface area contributed by atoms with Gasteiger partial charge in [0.2, 0.25) is 0 Å². The molecule has 0 spiro atoms. The molecule has 0 radical (unpaired) electrons. The number of nitrogen functional groups attached to an aromatic ring is 1.